The first-order chi connectivity index (χ1) is 17.1. The quantitative estimate of drug-likeness (QED) is 0.507. The van der Waals surface area contributed by atoms with Gasteiger partial charge >= 0.3 is 0 Å². The number of methoxy groups -OCH3 is 1. The molecule has 1 amide bonds. The minimum Gasteiger partial charge on any atom is -0.493 e. The van der Waals surface area contributed by atoms with Crippen LogP contribution in [-0.4, -0.2) is 79.0 Å². The number of ether oxygens (including phenoxy) is 3. The van der Waals surface area contributed by atoms with E-state index in [2.05, 4.69) is 15.1 Å². The van der Waals surface area contributed by atoms with E-state index in [1.165, 1.54) is 0 Å². The smallest absolute Gasteiger partial charge is 0.273 e. The summed E-state index contributed by atoms with van der Waals surface area (Å²) in [5.74, 6) is 1.25. The number of morpholine rings is 1. The molecule has 9 heteroatoms. The maximum absolute atomic E-state index is 13.6. The molecular weight excluding hydrogens is 468 g/mol. The van der Waals surface area contributed by atoms with E-state index < -0.39 is 0 Å². The zero-order valence-corrected chi connectivity index (χ0v) is 20.7. The zero-order valence-electron chi connectivity index (χ0n) is 19.9. The van der Waals surface area contributed by atoms with Gasteiger partial charge < -0.3 is 19.1 Å². The second kappa shape index (κ2) is 10.3. The van der Waals surface area contributed by atoms with Crippen molar-refractivity contribution < 1.29 is 19.0 Å². The van der Waals surface area contributed by atoms with E-state index >= 15 is 0 Å². The van der Waals surface area contributed by atoms with Gasteiger partial charge in [0.2, 0.25) is 0 Å². The summed E-state index contributed by atoms with van der Waals surface area (Å²) in [6, 6.07) is 13.1. The highest BCUT2D eigenvalue weighted by Crippen LogP contribution is 2.44. The molecule has 3 heterocycles. The second-order valence-corrected chi connectivity index (χ2v) is 9.00. The number of aromatic nitrogens is 2. The van der Waals surface area contributed by atoms with Crippen LogP contribution in [0.5, 0.6) is 11.5 Å². The number of aromatic amines is 1. The Kier molecular flexibility index (Phi) is 6.95. The van der Waals surface area contributed by atoms with Crippen molar-refractivity contribution >= 4 is 17.5 Å². The van der Waals surface area contributed by atoms with E-state index in [9.17, 15) is 4.79 Å². The third-order valence-electron chi connectivity index (χ3n) is 6.55. The topological polar surface area (TPSA) is 79.9 Å². The Bertz CT molecular complexity index is 1190. The number of nitrogens with one attached hydrogen (secondary N) is 1. The van der Waals surface area contributed by atoms with Crippen LogP contribution in [0.25, 0.3) is 11.3 Å². The molecule has 0 saturated carbocycles. The number of amides is 1. The van der Waals surface area contributed by atoms with E-state index in [0.29, 0.717) is 35.4 Å². The van der Waals surface area contributed by atoms with E-state index in [1.54, 1.807) is 7.11 Å². The molecule has 1 N–H and O–H groups in total. The average molecular weight is 497 g/mol. The van der Waals surface area contributed by atoms with Crippen molar-refractivity contribution in [2.24, 2.45) is 0 Å². The first-order valence-electron chi connectivity index (χ1n) is 11.9. The van der Waals surface area contributed by atoms with Crippen LogP contribution in [0.15, 0.2) is 42.5 Å². The van der Waals surface area contributed by atoms with Gasteiger partial charge in [-0.05, 0) is 36.8 Å². The molecule has 0 bridgehead atoms. The minimum absolute atomic E-state index is 0.0566. The molecule has 8 nitrogen and oxygen atoms in total. The lowest BCUT2D eigenvalue weighted by molar-refractivity contribution is 0.0316. The SMILES string of the molecule is CCOc1ccc(C2c3c(-c4ccc(Cl)cc4)n[nH]c3C(=O)N2CCN2CCOCC2)cc1OC. The molecule has 5 rings (SSSR count). The molecule has 1 atom stereocenters. The molecular formula is C26H29ClN4O4. The summed E-state index contributed by atoms with van der Waals surface area (Å²) in [4.78, 5) is 17.9. The highest BCUT2D eigenvalue weighted by molar-refractivity contribution is 6.30. The van der Waals surface area contributed by atoms with E-state index in [-0.39, 0.29) is 11.9 Å². The predicted octanol–water partition coefficient (Wildman–Crippen LogP) is 4.01. The fraction of sp³-hybridized carbons (Fsp3) is 0.385. The van der Waals surface area contributed by atoms with Gasteiger partial charge in [0.05, 0.1) is 38.7 Å². The van der Waals surface area contributed by atoms with Crippen molar-refractivity contribution in [1.29, 1.82) is 0 Å². The molecule has 3 aromatic rings. The molecule has 1 aromatic heterocycles. The van der Waals surface area contributed by atoms with Crippen molar-refractivity contribution in [2.45, 2.75) is 13.0 Å². The molecule has 1 unspecified atom stereocenters. The number of hydrogen-bond donors (Lipinski definition) is 1. The minimum atomic E-state index is -0.312. The molecule has 0 radical (unpaired) electrons. The van der Waals surface area contributed by atoms with Gasteiger partial charge in [-0.15, -0.1) is 0 Å². The number of rotatable bonds is 8. The number of benzene rings is 2. The van der Waals surface area contributed by atoms with Crippen molar-refractivity contribution in [1.82, 2.24) is 20.0 Å². The van der Waals surface area contributed by atoms with Gasteiger partial charge in [-0.3, -0.25) is 14.8 Å². The third-order valence-corrected chi connectivity index (χ3v) is 6.80. The first-order valence-corrected chi connectivity index (χ1v) is 12.2. The average Bonchev–Trinajstić information content (AvgIpc) is 3.43. The Morgan fingerprint density at radius 2 is 1.89 bits per heavy atom. The van der Waals surface area contributed by atoms with Crippen LogP contribution in [0.2, 0.25) is 5.02 Å². The summed E-state index contributed by atoms with van der Waals surface area (Å²) in [6.45, 7) is 7.00. The first kappa shape index (κ1) is 23.7. The highest BCUT2D eigenvalue weighted by Gasteiger charge is 2.42. The number of nitrogens with zero attached hydrogens (tertiary/aromatic N) is 3. The third kappa shape index (κ3) is 4.61. The Labute approximate surface area is 209 Å². The highest BCUT2D eigenvalue weighted by atomic mass is 35.5. The maximum atomic E-state index is 13.6. The van der Waals surface area contributed by atoms with E-state index in [1.807, 2.05) is 54.3 Å². The maximum Gasteiger partial charge on any atom is 0.273 e. The van der Waals surface area contributed by atoms with Gasteiger partial charge in [0.1, 0.15) is 5.69 Å². The number of H-pyrrole nitrogens is 1. The molecule has 35 heavy (non-hydrogen) atoms. The Balaban J connectivity index is 1.55. The van der Waals surface area contributed by atoms with Gasteiger partial charge in [-0.2, -0.15) is 5.10 Å². The lowest BCUT2D eigenvalue weighted by Gasteiger charge is -2.31. The lowest BCUT2D eigenvalue weighted by atomic mass is 9.95. The molecule has 184 valence electrons. The van der Waals surface area contributed by atoms with Crippen molar-refractivity contribution in [2.75, 3.05) is 53.1 Å². The Morgan fingerprint density at radius 3 is 2.60 bits per heavy atom. The van der Waals surface area contributed by atoms with Crippen LogP contribution in [0, 0.1) is 0 Å². The van der Waals surface area contributed by atoms with Crippen molar-refractivity contribution in [3.05, 3.63) is 64.3 Å². The molecule has 2 aliphatic rings. The summed E-state index contributed by atoms with van der Waals surface area (Å²) < 4.78 is 16.8. The second-order valence-electron chi connectivity index (χ2n) is 8.57. The number of halogens is 1. The fourth-order valence-electron chi connectivity index (χ4n) is 4.80. The van der Waals surface area contributed by atoms with Gasteiger partial charge in [0.15, 0.2) is 11.5 Å². The van der Waals surface area contributed by atoms with Crippen LogP contribution in [0.1, 0.15) is 34.6 Å². The fourth-order valence-corrected chi connectivity index (χ4v) is 4.93. The molecule has 0 aliphatic carbocycles. The summed E-state index contributed by atoms with van der Waals surface area (Å²) in [6.07, 6.45) is 0. The largest absolute Gasteiger partial charge is 0.493 e. The number of fused-ring (bicyclic) bond motifs is 1. The number of carbonyl (C=O) groups excluding carboxylic acids is 1. The lowest BCUT2D eigenvalue weighted by Crippen LogP contribution is -2.42. The molecule has 1 saturated heterocycles. The Morgan fingerprint density at radius 1 is 1.11 bits per heavy atom. The van der Waals surface area contributed by atoms with E-state index in [0.717, 1.165) is 55.2 Å². The summed E-state index contributed by atoms with van der Waals surface area (Å²) >= 11 is 6.12. The number of hydrogen-bond acceptors (Lipinski definition) is 6. The predicted molar refractivity (Wildman–Crippen MR) is 133 cm³/mol. The van der Waals surface area contributed by atoms with E-state index in [4.69, 9.17) is 25.8 Å². The van der Waals surface area contributed by atoms with Crippen LogP contribution in [0.4, 0.5) is 0 Å². The zero-order chi connectivity index (χ0) is 24.4. The van der Waals surface area contributed by atoms with Crippen molar-refractivity contribution in [3.63, 3.8) is 0 Å². The number of carbonyl (C=O) groups is 1. The van der Waals surface area contributed by atoms with Crippen molar-refractivity contribution in [3.8, 4) is 22.8 Å². The van der Waals surface area contributed by atoms with Gasteiger partial charge in [0, 0.05) is 42.3 Å². The molecule has 2 aromatic carbocycles. The van der Waals surface area contributed by atoms with Gasteiger partial charge in [-0.25, -0.2) is 0 Å². The normalized spacial score (nSPS) is 18.1. The van der Waals surface area contributed by atoms with Gasteiger partial charge in [-0.1, -0.05) is 29.8 Å². The Hall–Kier alpha value is -3.07. The monoisotopic (exact) mass is 496 g/mol. The van der Waals surface area contributed by atoms with Crippen LogP contribution >= 0.6 is 11.6 Å². The molecule has 1 fully saturated rings. The van der Waals surface area contributed by atoms with Gasteiger partial charge in [0.25, 0.3) is 5.91 Å². The standard InChI is InChI=1S/C26H29ClN4O4/c1-3-35-20-9-6-18(16-21(20)33-2)25-22-23(17-4-7-19(27)8-5-17)28-29-24(22)26(32)31(25)11-10-30-12-14-34-15-13-30/h4-9,16,25H,3,10-15H2,1-2H3,(H,28,29). The summed E-state index contributed by atoms with van der Waals surface area (Å²) in [5, 5.41) is 8.20. The summed E-state index contributed by atoms with van der Waals surface area (Å²) in [7, 11) is 1.63. The summed E-state index contributed by atoms with van der Waals surface area (Å²) in [5.41, 5.74) is 3.98. The molecule has 0 spiro atoms. The van der Waals surface area contributed by atoms with Crippen LogP contribution in [0.3, 0.4) is 0 Å². The molecule has 2 aliphatic heterocycles. The van der Waals surface area contributed by atoms with Crippen LogP contribution < -0.4 is 9.47 Å². The van der Waals surface area contributed by atoms with Crippen LogP contribution in [-0.2, 0) is 4.74 Å².